The lowest BCUT2D eigenvalue weighted by atomic mass is 9.95. The molecule has 0 saturated carbocycles. The van der Waals surface area contributed by atoms with Crippen LogP contribution in [0.2, 0.25) is 0 Å². The van der Waals surface area contributed by atoms with Crippen molar-refractivity contribution in [2.24, 2.45) is 11.7 Å². The second-order valence-electron chi connectivity index (χ2n) is 6.31. The Labute approximate surface area is 127 Å². The number of likely N-dealkylation sites (N-methyl/N-ethyl adjacent to an activating group) is 1. The van der Waals surface area contributed by atoms with Crippen LogP contribution in [0.25, 0.3) is 0 Å². The predicted molar refractivity (Wildman–Crippen MR) is 88.4 cm³/mol. The molecule has 2 N–H and O–H groups in total. The fraction of sp³-hybridized carbons (Fsp3) is 0.750. The summed E-state index contributed by atoms with van der Waals surface area (Å²) in [6, 6.07) is 2.70. The quantitative estimate of drug-likeness (QED) is 0.906. The van der Waals surface area contributed by atoms with Gasteiger partial charge in [0.05, 0.1) is 0 Å². The van der Waals surface area contributed by atoms with Gasteiger partial charge >= 0.3 is 0 Å². The van der Waals surface area contributed by atoms with E-state index < -0.39 is 0 Å². The van der Waals surface area contributed by atoms with Crippen molar-refractivity contribution >= 4 is 11.3 Å². The van der Waals surface area contributed by atoms with Gasteiger partial charge in [-0.25, -0.2) is 0 Å². The molecule has 1 saturated heterocycles. The van der Waals surface area contributed by atoms with Crippen molar-refractivity contribution in [2.45, 2.75) is 32.7 Å². The van der Waals surface area contributed by atoms with E-state index in [0.29, 0.717) is 12.6 Å². The van der Waals surface area contributed by atoms with Gasteiger partial charge < -0.3 is 10.6 Å². The highest BCUT2D eigenvalue weighted by Gasteiger charge is 2.23. The summed E-state index contributed by atoms with van der Waals surface area (Å²) in [7, 11) is 4.46. The lowest BCUT2D eigenvalue weighted by molar-refractivity contribution is 0.151. The molecule has 0 spiro atoms. The number of thiophene rings is 1. The number of hydrogen-bond donors (Lipinski definition) is 1. The Morgan fingerprint density at radius 3 is 2.55 bits per heavy atom. The van der Waals surface area contributed by atoms with Gasteiger partial charge in [0, 0.05) is 28.9 Å². The van der Waals surface area contributed by atoms with Crippen LogP contribution in [-0.2, 0) is 0 Å². The number of aryl methyl sites for hydroxylation is 2. The minimum atomic E-state index is 0.375. The summed E-state index contributed by atoms with van der Waals surface area (Å²) in [5.41, 5.74) is 7.50. The molecule has 2 heterocycles. The Balaban J connectivity index is 1.98. The molecule has 0 aromatic carbocycles. The van der Waals surface area contributed by atoms with Crippen molar-refractivity contribution in [1.29, 1.82) is 0 Å². The number of hydrogen-bond acceptors (Lipinski definition) is 4. The van der Waals surface area contributed by atoms with Crippen LogP contribution in [0.1, 0.15) is 34.2 Å². The van der Waals surface area contributed by atoms with Gasteiger partial charge in [-0.15, -0.1) is 11.3 Å². The standard InChI is InChI=1S/C16H29N3S/c1-12-9-15(13(2)20-12)16(10-17)19(4)11-14-5-7-18(3)8-6-14/h9,14,16H,5-8,10-11,17H2,1-4H3. The van der Waals surface area contributed by atoms with Gasteiger partial charge in [0.25, 0.3) is 0 Å². The van der Waals surface area contributed by atoms with Crippen LogP contribution in [0.5, 0.6) is 0 Å². The van der Waals surface area contributed by atoms with Crippen LogP contribution in [0, 0.1) is 19.8 Å². The zero-order chi connectivity index (χ0) is 14.7. The molecule has 1 aromatic heterocycles. The highest BCUT2D eigenvalue weighted by molar-refractivity contribution is 7.12. The molecule has 1 aliphatic rings. The van der Waals surface area contributed by atoms with E-state index in [1.165, 1.54) is 47.8 Å². The van der Waals surface area contributed by atoms with Crippen LogP contribution in [0.4, 0.5) is 0 Å². The first-order chi connectivity index (χ1) is 9.51. The van der Waals surface area contributed by atoms with Gasteiger partial charge in [-0.05, 0) is 71.4 Å². The average Bonchev–Trinajstić information content (AvgIpc) is 2.72. The summed E-state index contributed by atoms with van der Waals surface area (Å²) in [5, 5.41) is 0. The lowest BCUT2D eigenvalue weighted by Crippen LogP contribution is -2.38. The van der Waals surface area contributed by atoms with Gasteiger partial charge in [0.2, 0.25) is 0 Å². The van der Waals surface area contributed by atoms with E-state index in [-0.39, 0.29) is 0 Å². The first-order valence-electron chi connectivity index (χ1n) is 7.67. The molecule has 0 bridgehead atoms. The maximum Gasteiger partial charge on any atom is 0.0478 e. The van der Waals surface area contributed by atoms with Gasteiger partial charge in [-0.2, -0.15) is 0 Å². The van der Waals surface area contributed by atoms with Crippen molar-refractivity contribution in [2.75, 3.05) is 40.3 Å². The molecular formula is C16H29N3S. The fourth-order valence-electron chi connectivity index (χ4n) is 3.30. The van der Waals surface area contributed by atoms with Gasteiger partial charge in [-0.1, -0.05) is 0 Å². The minimum absolute atomic E-state index is 0.375. The number of rotatable bonds is 5. The van der Waals surface area contributed by atoms with Gasteiger partial charge in [-0.3, -0.25) is 4.90 Å². The normalized spacial score (nSPS) is 19.7. The summed E-state index contributed by atoms with van der Waals surface area (Å²) < 4.78 is 0. The molecule has 1 aromatic rings. The number of likely N-dealkylation sites (tertiary alicyclic amines) is 1. The van der Waals surface area contributed by atoms with E-state index in [4.69, 9.17) is 5.73 Å². The number of piperidine rings is 1. The molecule has 1 atom stereocenters. The highest BCUT2D eigenvalue weighted by atomic mass is 32.1. The average molecular weight is 295 g/mol. The maximum atomic E-state index is 6.07. The summed E-state index contributed by atoms with van der Waals surface area (Å²) in [4.78, 5) is 7.73. The molecule has 114 valence electrons. The molecule has 0 amide bonds. The molecule has 20 heavy (non-hydrogen) atoms. The maximum absolute atomic E-state index is 6.07. The largest absolute Gasteiger partial charge is 0.329 e. The van der Waals surface area contributed by atoms with E-state index in [1.807, 2.05) is 11.3 Å². The van der Waals surface area contributed by atoms with Gasteiger partial charge in [0.1, 0.15) is 0 Å². The van der Waals surface area contributed by atoms with E-state index in [9.17, 15) is 0 Å². The Morgan fingerprint density at radius 2 is 2.05 bits per heavy atom. The summed E-state index contributed by atoms with van der Waals surface area (Å²) >= 11 is 1.89. The first kappa shape index (κ1) is 16.0. The monoisotopic (exact) mass is 295 g/mol. The Bertz CT molecular complexity index is 421. The third-order valence-corrected chi connectivity index (χ3v) is 5.56. The number of nitrogens with two attached hydrogens (primary N) is 1. The minimum Gasteiger partial charge on any atom is -0.329 e. The van der Waals surface area contributed by atoms with E-state index in [1.54, 1.807) is 0 Å². The van der Waals surface area contributed by atoms with Crippen LogP contribution in [0.15, 0.2) is 6.07 Å². The number of nitrogens with zero attached hydrogens (tertiary/aromatic N) is 2. The second-order valence-corrected chi connectivity index (χ2v) is 7.77. The third-order valence-electron chi connectivity index (χ3n) is 4.58. The van der Waals surface area contributed by atoms with Crippen LogP contribution in [-0.4, -0.2) is 50.1 Å². The lowest BCUT2D eigenvalue weighted by Gasteiger charge is -2.35. The molecule has 2 rings (SSSR count). The van der Waals surface area contributed by atoms with Gasteiger partial charge in [0.15, 0.2) is 0 Å². The SMILES string of the molecule is Cc1cc(C(CN)N(C)CC2CCN(C)CC2)c(C)s1. The predicted octanol–water partition coefficient (Wildman–Crippen LogP) is 2.64. The van der Waals surface area contributed by atoms with Crippen LogP contribution >= 0.6 is 11.3 Å². The second kappa shape index (κ2) is 7.03. The van der Waals surface area contributed by atoms with Crippen LogP contribution < -0.4 is 5.73 Å². The zero-order valence-electron chi connectivity index (χ0n) is 13.4. The van der Waals surface area contributed by atoms with Crippen molar-refractivity contribution < 1.29 is 0 Å². The van der Waals surface area contributed by atoms with Crippen LogP contribution in [0.3, 0.4) is 0 Å². The van der Waals surface area contributed by atoms with E-state index >= 15 is 0 Å². The Hall–Kier alpha value is -0.420. The summed E-state index contributed by atoms with van der Waals surface area (Å²) in [6.07, 6.45) is 2.64. The van der Waals surface area contributed by atoms with Crippen molar-refractivity contribution in [3.63, 3.8) is 0 Å². The summed E-state index contributed by atoms with van der Waals surface area (Å²) in [5.74, 6) is 0.824. The highest BCUT2D eigenvalue weighted by Crippen LogP contribution is 2.30. The molecule has 0 aliphatic carbocycles. The molecule has 4 heteroatoms. The third kappa shape index (κ3) is 3.82. The molecule has 1 aliphatic heterocycles. The van der Waals surface area contributed by atoms with Crippen molar-refractivity contribution in [3.05, 3.63) is 21.4 Å². The van der Waals surface area contributed by atoms with E-state index in [0.717, 1.165) is 5.92 Å². The molecule has 1 unspecified atom stereocenters. The molecule has 0 radical (unpaired) electrons. The molecular weight excluding hydrogens is 266 g/mol. The topological polar surface area (TPSA) is 32.5 Å². The summed E-state index contributed by atoms with van der Waals surface area (Å²) in [6.45, 7) is 8.76. The van der Waals surface area contributed by atoms with E-state index in [2.05, 4.69) is 43.8 Å². The Morgan fingerprint density at radius 1 is 1.40 bits per heavy atom. The molecule has 3 nitrogen and oxygen atoms in total. The zero-order valence-corrected chi connectivity index (χ0v) is 14.2. The smallest absolute Gasteiger partial charge is 0.0478 e. The van der Waals surface area contributed by atoms with Crippen molar-refractivity contribution in [3.8, 4) is 0 Å². The first-order valence-corrected chi connectivity index (χ1v) is 8.48. The Kier molecular flexibility index (Phi) is 5.61. The molecule has 1 fully saturated rings. The fourth-order valence-corrected chi connectivity index (χ4v) is 4.29. The van der Waals surface area contributed by atoms with Crippen molar-refractivity contribution in [1.82, 2.24) is 9.80 Å².